The minimum absolute atomic E-state index is 0.0663. The first-order chi connectivity index (χ1) is 6.95. The first kappa shape index (κ1) is 11.9. The van der Waals surface area contributed by atoms with Crippen LogP contribution < -0.4 is 5.32 Å². The number of carbonyl (C=O) groups is 1. The van der Waals surface area contributed by atoms with Crippen LogP contribution in [0.3, 0.4) is 0 Å². The van der Waals surface area contributed by atoms with Crippen LogP contribution in [0.25, 0.3) is 0 Å². The van der Waals surface area contributed by atoms with Gasteiger partial charge in [0, 0.05) is 6.61 Å². The number of amides is 1. The lowest BCUT2D eigenvalue weighted by Gasteiger charge is -2.11. The second-order valence-corrected chi connectivity index (χ2v) is 3.14. The predicted octanol–water partition coefficient (Wildman–Crippen LogP) is 1.38. The summed E-state index contributed by atoms with van der Waals surface area (Å²) >= 11 is 0. The predicted molar refractivity (Wildman–Crippen MR) is 48.0 cm³/mol. The fourth-order valence-corrected chi connectivity index (χ4v) is 1.12. The molecule has 1 amide bonds. The Labute approximate surface area is 86.2 Å². The Hall–Kier alpha value is -1.17. The molecule has 1 atom stereocenters. The van der Waals surface area contributed by atoms with Gasteiger partial charge in [-0.3, -0.25) is 4.79 Å². The topological polar surface area (TPSA) is 47.6 Å². The molecule has 86 valence electrons. The van der Waals surface area contributed by atoms with Gasteiger partial charge in [0.1, 0.15) is 6.26 Å². The standard InChI is InChI=1S/C9H13F2NO3/c1-3-14-6(2)15-5-7-4-9(10,11)8(13)12-7/h5-6H,3-4H2,1-2H3,(H,12,13)/b7-5+. The Kier molecular flexibility index (Phi) is 3.62. The van der Waals surface area contributed by atoms with E-state index in [-0.39, 0.29) is 5.70 Å². The van der Waals surface area contributed by atoms with E-state index in [1.165, 1.54) is 0 Å². The molecular formula is C9H13F2NO3. The highest BCUT2D eigenvalue weighted by atomic mass is 19.3. The molecule has 0 aromatic rings. The first-order valence-corrected chi connectivity index (χ1v) is 4.61. The molecule has 1 N–H and O–H groups in total. The average molecular weight is 221 g/mol. The maximum absolute atomic E-state index is 12.7. The molecule has 1 aliphatic heterocycles. The summed E-state index contributed by atoms with van der Waals surface area (Å²) in [6, 6.07) is 0. The molecule has 0 spiro atoms. The van der Waals surface area contributed by atoms with Gasteiger partial charge in [0.25, 0.3) is 5.91 Å². The Morgan fingerprint density at radius 3 is 2.80 bits per heavy atom. The maximum Gasteiger partial charge on any atom is 0.330 e. The third kappa shape index (κ3) is 3.16. The van der Waals surface area contributed by atoms with Crippen LogP contribution in [0.1, 0.15) is 20.3 Å². The number of allylic oxidation sites excluding steroid dienone is 1. The molecule has 1 rings (SSSR count). The van der Waals surface area contributed by atoms with Gasteiger partial charge in [0.2, 0.25) is 0 Å². The van der Waals surface area contributed by atoms with E-state index in [4.69, 9.17) is 9.47 Å². The number of halogens is 2. The normalized spacial score (nSPS) is 24.0. The molecule has 0 bridgehead atoms. The summed E-state index contributed by atoms with van der Waals surface area (Å²) in [5.74, 6) is -4.62. The van der Waals surface area contributed by atoms with Crippen molar-refractivity contribution in [3.8, 4) is 0 Å². The third-order valence-electron chi connectivity index (χ3n) is 1.82. The molecule has 0 saturated carbocycles. The summed E-state index contributed by atoms with van der Waals surface area (Å²) < 4.78 is 35.4. The molecule has 0 aliphatic carbocycles. The van der Waals surface area contributed by atoms with Crippen LogP contribution in [0.4, 0.5) is 8.78 Å². The zero-order valence-corrected chi connectivity index (χ0v) is 8.55. The smallest absolute Gasteiger partial charge is 0.330 e. The van der Waals surface area contributed by atoms with Crippen molar-refractivity contribution in [2.75, 3.05) is 6.61 Å². The van der Waals surface area contributed by atoms with Crippen molar-refractivity contribution in [2.45, 2.75) is 32.5 Å². The van der Waals surface area contributed by atoms with Crippen molar-refractivity contribution in [2.24, 2.45) is 0 Å². The number of hydrogen-bond acceptors (Lipinski definition) is 3. The maximum atomic E-state index is 12.7. The fraction of sp³-hybridized carbons (Fsp3) is 0.667. The van der Waals surface area contributed by atoms with E-state index in [1.54, 1.807) is 13.8 Å². The van der Waals surface area contributed by atoms with Crippen LogP contribution in [-0.2, 0) is 14.3 Å². The Morgan fingerprint density at radius 1 is 1.67 bits per heavy atom. The quantitative estimate of drug-likeness (QED) is 0.576. The van der Waals surface area contributed by atoms with Gasteiger partial charge >= 0.3 is 5.92 Å². The van der Waals surface area contributed by atoms with E-state index in [9.17, 15) is 13.6 Å². The van der Waals surface area contributed by atoms with Crippen LogP contribution >= 0.6 is 0 Å². The van der Waals surface area contributed by atoms with Crippen LogP contribution in [0, 0.1) is 0 Å². The average Bonchev–Trinajstić information content (AvgIpc) is 2.38. The summed E-state index contributed by atoms with van der Waals surface area (Å²) in [7, 11) is 0. The highest BCUT2D eigenvalue weighted by Gasteiger charge is 2.46. The van der Waals surface area contributed by atoms with Gasteiger partial charge in [-0.25, -0.2) is 0 Å². The lowest BCUT2D eigenvalue weighted by Crippen LogP contribution is -2.28. The van der Waals surface area contributed by atoms with E-state index >= 15 is 0 Å². The molecule has 1 saturated heterocycles. The van der Waals surface area contributed by atoms with Crippen molar-refractivity contribution >= 4 is 5.91 Å². The van der Waals surface area contributed by atoms with E-state index in [2.05, 4.69) is 0 Å². The van der Waals surface area contributed by atoms with Crippen LogP contribution in [0.15, 0.2) is 12.0 Å². The van der Waals surface area contributed by atoms with Gasteiger partial charge in [0.15, 0.2) is 6.29 Å². The van der Waals surface area contributed by atoms with Crippen molar-refractivity contribution < 1.29 is 23.0 Å². The molecule has 6 heteroatoms. The number of hydrogen-bond donors (Lipinski definition) is 1. The van der Waals surface area contributed by atoms with E-state index in [1.807, 2.05) is 5.32 Å². The third-order valence-corrected chi connectivity index (χ3v) is 1.82. The van der Waals surface area contributed by atoms with Crippen LogP contribution in [0.5, 0.6) is 0 Å². The lowest BCUT2D eigenvalue weighted by atomic mass is 10.2. The number of carbonyl (C=O) groups excluding carboxylic acids is 1. The minimum Gasteiger partial charge on any atom is -0.471 e. The zero-order valence-electron chi connectivity index (χ0n) is 8.55. The summed E-state index contributed by atoms with van der Waals surface area (Å²) in [6.07, 6.45) is -0.0716. The number of nitrogens with one attached hydrogen (secondary N) is 1. The first-order valence-electron chi connectivity index (χ1n) is 4.61. The van der Waals surface area contributed by atoms with Crippen molar-refractivity contribution in [1.29, 1.82) is 0 Å². The van der Waals surface area contributed by atoms with E-state index < -0.39 is 24.5 Å². The molecular weight excluding hydrogens is 208 g/mol. The Morgan fingerprint density at radius 2 is 2.33 bits per heavy atom. The molecule has 0 radical (unpaired) electrons. The molecule has 15 heavy (non-hydrogen) atoms. The molecule has 4 nitrogen and oxygen atoms in total. The van der Waals surface area contributed by atoms with E-state index in [0.29, 0.717) is 6.61 Å². The van der Waals surface area contributed by atoms with Crippen LogP contribution in [0.2, 0.25) is 0 Å². The van der Waals surface area contributed by atoms with Gasteiger partial charge in [-0.1, -0.05) is 0 Å². The number of alkyl halides is 2. The molecule has 1 heterocycles. The van der Waals surface area contributed by atoms with Crippen molar-refractivity contribution in [3.05, 3.63) is 12.0 Å². The summed E-state index contributed by atoms with van der Waals surface area (Å²) in [6.45, 7) is 3.89. The highest BCUT2D eigenvalue weighted by molar-refractivity contribution is 5.88. The molecule has 1 unspecified atom stereocenters. The largest absolute Gasteiger partial charge is 0.471 e. The minimum atomic E-state index is -3.33. The number of ether oxygens (including phenoxy) is 2. The van der Waals surface area contributed by atoms with Gasteiger partial charge < -0.3 is 14.8 Å². The van der Waals surface area contributed by atoms with Gasteiger partial charge in [-0.05, 0) is 13.8 Å². The Balaban J connectivity index is 2.46. The zero-order chi connectivity index (χ0) is 11.5. The molecule has 0 aromatic carbocycles. The molecule has 0 aromatic heterocycles. The summed E-state index contributed by atoms with van der Waals surface area (Å²) in [5.41, 5.74) is 0.0663. The number of rotatable bonds is 4. The summed E-state index contributed by atoms with van der Waals surface area (Å²) in [5, 5.41) is 2.03. The van der Waals surface area contributed by atoms with Crippen molar-refractivity contribution in [1.82, 2.24) is 5.32 Å². The summed E-state index contributed by atoms with van der Waals surface area (Å²) in [4.78, 5) is 10.7. The molecule has 1 aliphatic rings. The van der Waals surface area contributed by atoms with Gasteiger partial charge in [-0.15, -0.1) is 0 Å². The highest BCUT2D eigenvalue weighted by Crippen LogP contribution is 2.28. The second kappa shape index (κ2) is 4.57. The molecule has 1 fully saturated rings. The Bertz CT molecular complexity index is 279. The lowest BCUT2D eigenvalue weighted by molar-refractivity contribution is -0.139. The second-order valence-electron chi connectivity index (χ2n) is 3.14. The van der Waals surface area contributed by atoms with Gasteiger partial charge in [0.05, 0.1) is 12.1 Å². The van der Waals surface area contributed by atoms with Gasteiger partial charge in [-0.2, -0.15) is 8.78 Å². The SMILES string of the molecule is CCOC(C)O/C=C1\CC(F)(F)C(=O)N1. The van der Waals surface area contributed by atoms with E-state index in [0.717, 1.165) is 6.26 Å². The van der Waals surface area contributed by atoms with Crippen molar-refractivity contribution in [3.63, 3.8) is 0 Å². The fourth-order valence-electron chi connectivity index (χ4n) is 1.12. The van der Waals surface area contributed by atoms with Crippen LogP contribution in [-0.4, -0.2) is 24.7 Å². The monoisotopic (exact) mass is 221 g/mol.